The summed E-state index contributed by atoms with van der Waals surface area (Å²) in [6.07, 6.45) is -3.28. The van der Waals surface area contributed by atoms with E-state index in [1.165, 1.54) is 17.2 Å². The van der Waals surface area contributed by atoms with E-state index >= 15 is 4.39 Å². The fraction of sp³-hybridized carbons (Fsp3) is 0.474. The van der Waals surface area contributed by atoms with Crippen LogP contribution in [0.4, 0.5) is 10.3 Å². The summed E-state index contributed by atoms with van der Waals surface area (Å²) in [5.41, 5.74) is 4.76. The number of nitrogens with two attached hydrogens (primary N) is 1. The number of nitrogen functional groups attached to an aromatic ring is 1. The minimum atomic E-state index is -4.44. The molecule has 2 aromatic heterocycles. The second-order valence-electron chi connectivity index (χ2n) is 7.53. The van der Waals surface area contributed by atoms with Crippen LogP contribution in [-0.4, -0.2) is 75.2 Å². The normalized spacial score (nSPS) is 24.2. The van der Waals surface area contributed by atoms with Crippen LogP contribution in [0.15, 0.2) is 35.7 Å². The number of nitriles is 1. The Balaban J connectivity index is 2.01. The Labute approximate surface area is 199 Å². The van der Waals surface area contributed by atoms with Crippen molar-refractivity contribution in [1.29, 1.82) is 5.26 Å². The van der Waals surface area contributed by atoms with E-state index in [4.69, 9.17) is 29.3 Å². The van der Waals surface area contributed by atoms with Crippen molar-refractivity contribution < 1.29 is 32.4 Å². The molecule has 0 aliphatic carbocycles. The van der Waals surface area contributed by atoms with Crippen molar-refractivity contribution in [2.45, 2.75) is 31.0 Å². The quantitative estimate of drug-likeness (QED) is 0.170. The van der Waals surface area contributed by atoms with Crippen LogP contribution in [0.25, 0.3) is 11.2 Å². The summed E-state index contributed by atoms with van der Waals surface area (Å²) >= 11 is 0. The van der Waals surface area contributed by atoms with Gasteiger partial charge in [-0.25, -0.2) is 13.9 Å². The Hall–Kier alpha value is -3.28. The largest absolute Gasteiger partial charge is 0.508 e. The topological polar surface area (TPSA) is 191 Å². The van der Waals surface area contributed by atoms with Gasteiger partial charge in [0, 0.05) is 20.3 Å². The van der Waals surface area contributed by atoms with E-state index in [0.717, 1.165) is 10.9 Å². The first-order chi connectivity index (χ1) is 16.6. The molecule has 0 radical (unpaired) electrons. The van der Waals surface area contributed by atoms with Gasteiger partial charge in [0.2, 0.25) is 5.95 Å². The van der Waals surface area contributed by atoms with Crippen LogP contribution in [0, 0.1) is 11.3 Å². The van der Waals surface area contributed by atoms with E-state index in [1.807, 2.05) is 6.07 Å². The number of hydrogen-bond donors (Lipinski definition) is 3. The summed E-state index contributed by atoms with van der Waals surface area (Å²) in [7, 11) is -1.22. The summed E-state index contributed by atoms with van der Waals surface area (Å²) in [6.45, 7) is 2.87. The highest BCUT2D eigenvalue weighted by atomic mass is 31.2. The predicted molar refractivity (Wildman–Crippen MR) is 121 cm³/mol. The number of H-pyrrole nitrogens is 1. The fourth-order valence-corrected chi connectivity index (χ4v) is 4.59. The summed E-state index contributed by atoms with van der Waals surface area (Å²) in [4.78, 5) is 23.8. The molecule has 1 fully saturated rings. The van der Waals surface area contributed by atoms with Gasteiger partial charge in [0.1, 0.15) is 18.0 Å². The monoisotopic (exact) mass is 513 g/mol. The van der Waals surface area contributed by atoms with Gasteiger partial charge in [-0.05, 0) is 0 Å². The van der Waals surface area contributed by atoms with Crippen LogP contribution in [-0.2, 0) is 22.9 Å². The van der Waals surface area contributed by atoms with Crippen molar-refractivity contribution in [3.63, 3.8) is 0 Å². The number of nitrogens with one attached hydrogen (secondary N) is 1. The molecular formula is C19H25FN7O7P. The SMILES string of the molecule is C=CCOP(=O)(OCCC#N)O[C@H]1[C@@H](F)[C@H](n2cnc3c(=O)[nH]c(N)nc32)O[C@@H]1C(O)=CN(C)C. The van der Waals surface area contributed by atoms with Crippen LogP contribution < -0.4 is 11.3 Å². The highest BCUT2D eigenvalue weighted by Gasteiger charge is 2.52. The average molecular weight is 513 g/mol. The van der Waals surface area contributed by atoms with Crippen molar-refractivity contribution >= 4 is 24.9 Å². The first kappa shape index (κ1) is 26.3. The molecule has 1 unspecified atom stereocenters. The number of aliphatic hydroxyl groups is 1. The smallest absolute Gasteiger partial charge is 0.475 e. The maximum Gasteiger partial charge on any atom is 0.475 e. The van der Waals surface area contributed by atoms with Crippen LogP contribution >= 0.6 is 7.82 Å². The lowest BCUT2D eigenvalue weighted by Crippen LogP contribution is -2.33. The molecule has 0 saturated carbocycles. The highest BCUT2D eigenvalue weighted by molar-refractivity contribution is 7.48. The minimum Gasteiger partial charge on any atom is -0.508 e. The van der Waals surface area contributed by atoms with Gasteiger partial charge in [-0.1, -0.05) is 6.08 Å². The van der Waals surface area contributed by atoms with Crippen molar-refractivity contribution in [3.8, 4) is 6.07 Å². The summed E-state index contributed by atoms with van der Waals surface area (Å²) in [5, 5.41) is 19.4. The lowest BCUT2D eigenvalue weighted by atomic mass is 10.1. The number of fused-ring (bicyclic) bond motifs is 1. The lowest BCUT2D eigenvalue weighted by molar-refractivity contribution is -0.0239. The Kier molecular flexibility index (Phi) is 8.26. The van der Waals surface area contributed by atoms with E-state index in [-0.39, 0.29) is 36.7 Å². The Morgan fingerprint density at radius 2 is 2.29 bits per heavy atom. The molecule has 3 heterocycles. The van der Waals surface area contributed by atoms with Crippen LogP contribution in [0.1, 0.15) is 12.6 Å². The van der Waals surface area contributed by atoms with Gasteiger partial charge >= 0.3 is 7.82 Å². The number of aromatic amines is 1. The molecular weight excluding hydrogens is 488 g/mol. The first-order valence-electron chi connectivity index (χ1n) is 10.2. The molecule has 1 aliphatic heterocycles. The van der Waals surface area contributed by atoms with E-state index in [2.05, 4.69) is 21.5 Å². The third-order valence-corrected chi connectivity index (χ3v) is 6.11. The average Bonchev–Trinajstić information content (AvgIpc) is 3.33. The number of ether oxygens (including phenoxy) is 1. The molecule has 1 saturated heterocycles. The summed E-state index contributed by atoms with van der Waals surface area (Å²) in [5.74, 6) is -0.683. The molecule has 3 rings (SSSR count). The molecule has 0 amide bonds. The van der Waals surface area contributed by atoms with Crippen molar-refractivity contribution in [1.82, 2.24) is 24.4 Å². The van der Waals surface area contributed by atoms with Gasteiger partial charge in [-0.15, -0.1) is 6.58 Å². The fourth-order valence-electron chi connectivity index (χ4n) is 3.26. The maximum atomic E-state index is 15.8. The number of halogens is 1. The third-order valence-electron chi connectivity index (χ3n) is 4.64. The van der Waals surface area contributed by atoms with E-state index in [9.17, 15) is 14.5 Å². The molecule has 0 aromatic carbocycles. The number of hydrogen-bond acceptors (Lipinski definition) is 12. The first-order valence-corrected chi connectivity index (χ1v) is 11.7. The number of imidazole rings is 1. The minimum absolute atomic E-state index is 0.0780. The molecule has 14 nitrogen and oxygen atoms in total. The zero-order valence-corrected chi connectivity index (χ0v) is 19.8. The number of nitrogens with zero attached hydrogens (tertiary/aromatic N) is 5. The molecule has 190 valence electrons. The number of alkyl halides is 1. The molecule has 1 aliphatic rings. The second-order valence-corrected chi connectivity index (χ2v) is 9.15. The number of phosphoric ester groups is 1. The third kappa shape index (κ3) is 5.87. The molecule has 2 aromatic rings. The standard InChI is InChI=1S/C19H25FN7O7P/c1-4-7-31-35(30,32-8-5-6-21)34-15-12(20)18(33-14(15)11(28)9-26(2)3)27-10-23-13-16(27)24-19(22)25-17(13)29/h4,9-10,12,14-15,18,28H,1,5,7-8H2,2-3H3,(H3,22,24,25,29)/t12-,14-,15+,18-,35?/m1/s1. The van der Waals surface area contributed by atoms with Gasteiger partial charge in [-0.3, -0.25) is 27.9 Å². The summed E-state index contributed by atoms with van der Waals surface area (Å²) < 4.78 is 51.6. The van der Waals surface area contributed by atoms with Gasteiger partial charge in [0.15, 0.2) is 23.6 Å². The molecule has 0 spiro atoms. The van der Waals surface area contributed by atoms with Crippen molar-refractivity contribution in [2.75, 3.05) is 33.0 Å². The van der Waals surface area contributed by atoms with E-state index in [0.29, 0.717) is 0 Å². The Bertz CT molecular complexity index is 1240. The molecule has 5 atom stereocenters. The molecule has 0 bridgehead atoms. The summed E-state index contributed by atoms with van der Waals surface area (Å²) in [6, 6.07) is 1.81. The zero-order chi connectivity index (χ0) is 25.8. The number of rotatable bonds is 11. The number of aliphatic hydroxyl groups excluding tert-OH is 1. The Morgan fingerprint density at radius 1 is 1.54 bits per heavy atom. The molecule has 4 N–H and O–H groups in total. The highest BCUT2D eigenvalue weighted by Crippen LogP contribution is 2.54. The second kappa shape index (κ2) is 11.0. The predicted octanol–water partition coefficient (Wildman–Crippen LogP) is 1.52. The van der Waals surface area contributed by atoms with E-state index < -0.39 is 43.7 Å². The van der Waals surface area contributed by atoms with Gasteiger partial charge in [-0.2, -0.15) is 10.2 Å². The van der Waals surface area contributed by atoms with E-state index in [1.54, 1.807) is 14.1 Å². The maximum absolute atomic E-state index is 15.8. The Morgan fingerprint density at radius 3 is 2.94 bits per heavy atom. The number of aromatic nitrogens is 4. The lowest BCUT2D eigenvalue weighted by Gasteiger charge is -2.24. The van der Waals surface area contributed by atoms with Crippen molar-refractivity contribution in [2.24, 2.45) is 0 Å². The molecule has 16 heteroatoms. The number of anilines is 1. The van der Waals surface area contributed by atoms with Crippen LogP contribution in [0.5, 0.6) is 0 Å². The van der Waals surface area contributed by atoms with Crippen LogP contribution in [0.2, 0.25) is 0 Å². The molecule has 35 heavy (non-hydrogen) atoms. The van der Waals surface area contributed by atoms with Gasteiger partial charge in [0.05, 0.1) is 32.0 Å². The van der Waals surface area contributed by atoms with Gasteiger partial charge < -0.3 is 20.5 Å². The van der Waals surface area contributed by atoms with Gasteiger partial charge in [0.25, 0.3) is 5.56 Å². The van der Waals surface area contributed by atoms with Crippen LogP contribution in [0.3, 0.4) is 0 Å². The zero-order valence-electron chi connectivity index (χ0n) is 18.9. The van der Waals surface area contributed by atoms with Crippen molar-refractivity contribution in [3.05, 3.63) is 41.3 Å². The number of phosphoric acid groups is 1.